The molecule has 1 fully saturated rings. The van der Waals surface area contributed by atoms with Crippen molar-refractivity contribution in [1.82, 2.24) is 4.31 Å². The van der Waals surface area contributed by atoms with Gasteiger partial charge in [-0.15, -0.1) is 13.2 Å². The molecule has 0 spiro atoms. The number of sulfonamides is 1. The normalized spacial score (nSPS) is 15.6. The molecule has 3 rings (SSSR count). The van der Waals surface area contributed by atoms with Gasteiger partial charge in [0.15, 0.2) is 0 Å². The third-order valence-electron chi connectivity index (χ3n) is 4.11. The highest BCUT2D eigenvalue weighted by molar-refractivity contribution is 7.89. The highest BCUT2D eigenvalue weighted by Gasteiger charge is 2.31. The first kappa shape index (κ1) is 22.0. The number of alkyl halides is 3. The van der Waals surface area contributed by atoms with Crippen LogP contribution in [-0.4, -0.2) is 51.3 Å². The predicted molar refractivity (Wildman–Crippen MR) is 97.1 cm³/mol. The van der Waals surface area contributed by atoms with E-state index in [0.29, 0.717) is 0 Å². The van der Waals surface area contributed by atoms with E-state index in [1.54, 1.807) is 0 Å². The molecule has 1 saturated heterocycles. The molecule has 7 nitrogen and oxygen atoms in total. The number of morpholine rings is 1. The quantitative estimate of drug-likeness (QED) is 0.711. The summed E-state index contributed by atoms with van der Waals surface area (Å²) in [5.41, 5.74) is -0.214. The second-order valence-corrected chi connectivity index (χ2v) is 8.10. The highest BCUT2D eigenvalue weighted by atomic mass is 32.2. The van der Waals surface area contributed by atoms with Gasteiger partial charge in [-0.05, 0) is 30.3 Å². The molecular formula is C18H16F4N2O5S. The van der Waals surface area contributed by atoms with Crippen LogP contribution in [0.15, 0.2) is 47.4 Å². The minimum atomic E-state index is -4.90. The standard InChI is InChI=1S/C18H16F4N2O5S/c19-15-5-4-12(10-16(15)30(26,27)24-6-8-28-9-7-24)17(25)23-13-2-1-3-14(11-13)29-18(20,21)22/h1-5,10-11H,6-9H2,(H,23,25). The molecule has 1 N–H and O–H groups in total. The van der Waals surface area contributed by atoms with Crippen molar-refractivity contribution in [1.29, 1.82) is 0 Å². The van der Waals surface area contributed by atoms with Crippen LogP contribution in [0.2, 0.25) is 0 Å². The van der Waals surface area contributed by atoms with Gasteiger partial charge in [-0.1, -0.05) is 6.07 Å². The van der Waals surface area contributed by atoms with Gasteiger partial charge in [0.05, 0.1) is 13.2 Å². The number of nitrogens with one attached hydrogen (secondary N) is 1. The van der Waals surface area contributed by atoms with Gasteiger partial charge in [0, 0.05) is 30.4 Å². The third-order valence-corrected chi connectivity index (χ3v) is 6.02. The van der Waals surface area contributed by atoms with Crippen LogP contribution in [0.3, 0.4) is 0 Å². The number of hydrogen-bond acceptors (Lipinski definition) is 5. The molecule has 0 radical (unpaired) electrons. The van der Waals surface area contributed by atoms with Gasteiger partial charge in [0.1, 0.15) is 16.5 Å². The first-order chi connectivity index (χ1) is 14.1. The molecule has 2 aromatic rings. The molecule has 1 aliphatic rings. The number of hydrogen-bond donors (Lipinski definition) is 1. The van der Waals surface area contributed by atoms with E-state index in [-0.39, 0.29) is 37.6 Å². The van der Waals surface area contributed by atoms with E-state index in [4.69, 9.17) is 4.74 Å². The minimum absolute atomic E-state index is 0.0244. The Kier molecular flexibility index (Phi) is 6.29. The zero-order valence-electron chi connectivity index (χ0n) is 15.3. The molecule has 162 valence electrons. The largest absolute Gasteiger partial charge is 0.573 e. The van der Waals surface area contributed by atoms with E-state index in [1.807, 2.05) is 0 Å². The number of carbonyl (C=O) groups excluding carboxylic acids is 1. The van der Waals surface area contributed by atoms with E-state index in [9.17, 15) is 30.8 Å². The second-order valence-electron chi connectivity index (χ2n) is 6.19. The number of nitrogens with zero attached hydrogens (tertiary/aromatic N) is 1. The number of halogens is 4. The van der Waals surface area contributed by atoms with Gasteiger partial charge < -0.3 is 14.8 Å². The second kappa shape index (κ2) is 8.58. The summed E-state index contributed by atoms with van der Waals surface area (Å²) >= 11 is 0. The van der Waals surface area contributed by atoms with Crippen molar-refractivity contribution < 1.29 is 40.2 Å². The Morgan fingerprint density at radius 1 is 1.10 bits per heavy atom. The Bertz CT molecular complexity index is 1040. The first-order valence-corrected chi connectivity index (χ1v) is 10.0. The summed E-state index contributed by atoms with van der Waals surface area (Å²) in [6.07, 6.45) is -4.90. The molecule has 0 saturated carbocycles. The Hall–Kier alpha value is -2.70. The molecule has 0 bridgehead atoms. The van der Waals surface area contributed by atoms with Crippen molar-refractivity contribution in [3.8, 4) is 5.75 Å². The minimum Gasteiger partial charge on any atom is -0.406 e. The van der Waals surface area contributed by atoms with Crippen molar-refractivity contribution >= 4 is 21.6 Å². The van der Waals surface area contributed by atoms with Gasteiger partial charge >= 0.3 is 6.36 Å². The first-order valence-electron chi connectivity index (χ1n) is 8.61. The number of ether oxygens (including phenoxy) is 2. The maximum atomic E-state index is 14.2. The SMILES string of the molecule is O=C(Nc1cccc(OC(F)(F)F)c1)c1ccc(F)c(S(=O)(=O)N2CCOCC2)c1. The Morgan fingerprint density at radius 2 is 1.80 bits per heavy atom. The number of amides is 1. The van der Waals surface area contributed by atoms with Gasteiger partial charge in [0.2, 0.25) is 10.0 Å². The van der Waals surface area contributed by atoms with Crippen molar-refractivity contribution in [2.45, 2.75) is 11.3 Å². The lowest BCUT2D eigenvalue weighted by Crippen LogP contribution is -2.41. The third kappa shape index (κ3) is 5.26. The maximum absolute atomic E-state index is 14.2. The summed E-state index contributed by atoms with van der Waals surface area (Å²) in [6, 6.07) is 7.33. The van der Waals surface area contributed by atoms with Crippen molar-refractivity contribution in [3.05, 3.63) is 53.8 Å². The van der Waals surface area contributed by atoms with Crippen molar-refractivity contribution in [2.24, 2.45) is 0 Å². The summed E-state index contributed by atoms with van der Waals surface area (Å²) in [7, 11) is -4.20. The Labute approximate surface area is 169 Å². The van der Waals surface area contributed by atoms with Crippen molar-refractivity contribution in [2.75, 3.05) is 31.6 Å². The van der Waals surface area contributed by atoms with Gasteiger partial charge in [-0.2, -0.15) is 4.31 Å². The topological polar surface area (TPSA) is 84.9 Å². The van der Waals surface area contributed by atoms with Gasteiger partial charge in [-0.3, -0.25) is 4.79 Å². The average molecular weight is 448 g/mol. The fraction of sp³-hybridized carbons (Fsp3) is 0.278. The summed E-state index contributed by atoms with van der Waals surface area (Å²) in [4.78, 5) is 11.8. The fourth-order valence-corrected chi connectivity index (χ4v) is 4.24. The molecular weight excluding hydrogens is 432 g/mol. The van der Waals surface area contributed by atoms with Crippen LogP contribution in [0, 0.1) is 5.82 Å². The maximum Gasteiger partial charge on any atom is 0.573 e. The van der Waals surface area contributed by atoms with Crippen LogP contribution in [-0.2, 0) is 14.8 Å². The molecule has 30 heavy (non-hydrogen) atoms. The van der Waals surface area contributed by atoms with Crippen LogP contribution in [0.4, 0.5) is 23.2 Å². The van der Waals surface area contributed by atoms with E-state index in [0.717, 1.165) is 34.6 Å². The lowest BCUT2D eigenvalue weighted by molar-refractivity contribution is -0.274. The lowest BCUT2D eigenvalue weighted by Gasteiger charge is -2.26. The molecule has 2 aromatic carbocycles. The van der Waals surface area contributed by atoms with Gasteiger partial charge in [-0.25, -0.2) is 12.8 Å². The fourth-order valence-electron chi connectivity index (χ4n) is 2.74. The number of benzene rings is 2. The lowest BCUT2D eigenvalue weighted by atomic mass is 10.2. The molecule has 1 amide bonds. The van der Waals surface area contributed by atoms with Crippen LogP contribution in [0.1, 0.15) is 10.4 Å². The van der Waals surface area contributed by atoms with E-state index in [1.165, 1.54) is 12.1 Å². The van der Waals surface area contributed by atoms with Crippen LogP contribution in [0.5, 0.6) is 5.75 Å². The van der Waals surface area contributed by atoms with E-state index in [2.05, 4.69) is 10.1 Å². The number of rotatable bonds is 5. The molecule has 1 heterocycles. The highest BCUT2D eigenvalue weighted by Crippen LogP contribution is 2.26. The van der Waals surface area contributed by atoms with Gasteiger partial charge in [0.25, 0.3) is 5.91 Å². The molecule has 12 heteroatoms. The molecule has 0 aliphatic carbocycles. The zero-order chi connectivity index (χ0) is 21.9. The zero-order valence-corrected chi connectivity index (χ0v) is 16.1. The predicted octanol–water partition coefficient (Wildman–Crippen LogP) is 3.00. The number of anilines is 1. The Morgan fingerprint density at radius 3 is 2.47 bits per heavy atom. The summed E-state index contributed by atoms with van der Waals surface area (Å²) in [5.74, 6) is -2.41. The molecule has 0 atom stereocenters. The summed E-state index contributed by atoms with van der Waals surface area (Å²) < 4.78 is 86.5. The van der Waals surface area contributed by atoms with Crippen LogP contribution < -0.4 is 10.1 Å². The molecule has 0 aromatic heterocycles. The van der Waals surface area contributed by atoms with E-state index >= 15 is 0 Å². The Balaban J connectivity index is 1.82. The van der Waals surface area contributed by atoms with Crippen LogP contribution >= 0.6 is 0 Å². The summed E-state index contributed by atoms with van der Waals surface area (Å²) in [6.45, 7) is 0.420. The van der Waals surface area contributed by atoms with E-state index < -0.39 is 38.8 Å². The average Bonchev–Trinajstić information content (AvgIpc) is 2.67. The summed E-state index contributed by atoms with van der Waals surface area (Å²) in [5, 5.41) is 2.32. The molecule has 0 unspecified atom stereocenters. The monoisotopic (exact) mass is 448 g/mol. The smallest absolute Gasteiger partial charge is 0.406 e. The molecule has 1 aliphatic heterocycles. The van der Waals surface area contributed by atoms with Crippen molar-refractivity contribution in [3.63, 3.8) is 0 Å². The number of carbonyl (C=O) groups is 1. The van der Waals surface area contributed by atoms with Crippen LogP contribution in [0.25, 0.3) is 0 Å².